The maximum Gasteiger partial charge on any atom is 0.356 e. The Labute approximate surface area is 163 Å². The molecule has 0 bridgehead atoms. The highest BCUT2D eigenvalue weighted by Gasteiger charge is 2.43. The Hall–Kier alpha value is -2.83. The summed E-state index contributed by atoms with van der Waals surface area (Å²) in [4.78, 5) is 25.3. The molecule has 2 fully saturated rings. The first kappa shape index (κ1) is 18.5. The molecule has 7 nitrogen and oxygen atoms in total. The van der Waals surface area contributed by atoms with Crippen LogP contribution in [0, 0.1) is 11.8 Å². The highest BCUT2D eigenvalue weighted by molar-refractivity contribution is 5.86. The second-order valence-electron chi connectivity index (χ2n) is 8.06. The van der Waals surface area contributed by atoms with Gasteiger partial charge >= 0.3 is 12.0 Å². The fraction of sp³-hybridized carbons (Fsp3) is 0.476. The van der Waals surface area contributed by atoms with Gasteiger partial charge in [0.25, 0.3) is 0 Å². The van der Waals surface area contributed by atoms with Crippen LogP contribution in [0.4, 0.5) is 4.79 Å². The number of likely N-dealkylation sites (tertiary alicyclic amines) is 1. The predicted molar refractivity (Wildman–Crippen MR) is 103 cm³/mol. The summed E-state index contributed by atoms with van der Waals surface area (Å²) in [5.74, 6) is 1.07. The van der Waals surface area contributed by atoms with Crippen molar-refractivity contribution >= 4 is 12.0 Å². The number of carboxylic acids is 1. The van der Waals surface area contributed by atoms with Crippen molar-refractivity contribution in [1.29, 1.82) is 0 Å². The van der Waals surface area contributed by atoms with E-state index in [1.807, 2.05) is 18.2 Å². The minimum absolute atomic E-state index is 0.120. The van der Waals surface area contributed by atoms with Crippen molar-refractivity contribution in [3.05, 3.63) is 47.8 Å². The van der Waals surface area contributed by atoms with Gasteiger partial charge < -0.3 is 14.7 Å². The number of rotatable bonds is 4. The molecule has 2 heterocycles. The minimum atomic E-state index is -1.13. The van der Waals surface area contributed by atoms with Crippen molar-refractivity contribution in [1.82, 2.24) is 14.7 Å². The third-order valence-corrected chi connectivity index (χ3v) is 5.82. The molecule has 3 atom stereocenters. The van der Waals surface area contributed by atoms with Crippen molar-refractivity contribution < 1.29 is 19.4 Å². The molecule has 1 amide bonds. The molecule has 28 heavy (non-hydrogen) atoms. The predicted octanol–water partition coefficient (Wildman–Crippen LogP) is 3.46. The highest BCUT2D eigenvalue weighted by atomic mass is 16.5. The zero-order valence-corrected chi connectivity index (χ0v) is 16.1. The van der Waals surface area contributed by atoms with Gasteiger partial charge in [0, 0.05) is 19.3 Å². The molecule has 1 unspecified atom stereocenters. The molecule has 0 radical (unpaired) electrons. The van der Waals surface area contributed by atoms with E-state index in [-0.39, 0.29) is 17.8 Å². The Bertz CT molecular complexity index is 877. The number of para-hydroxylation sites is 1. The number of hydrogen-bond donors (Lipinski definition) is 1. The Morgan fingerprint density at radius 1 is 1.14 bits per heavy atom. The Balaban J connectivity index is 1.37. The zero-order valence-electron chi connectivity index (χ0n) is 16.1. The van der Waals surface area contributed by atoms with E-state index in [2.05, 4.69) is 25.0 Å². The van der Waals surface area contributed by atoms with Crippen molar-refractivity contribution in [3.8, 4) is 5.75 Å². The van der Waals surface area contributed by atoms with E-state index >= 15 is 0 Å². The maximum atomic E-state index is 12.6. The molecule has 4 rings (SSSR count). The molecule has 1 aromatic carbocycles. The molecule has 1 aliphatic heterocycles. The molecular weight excluding hydrogens is 358 g/mol. The van der Waals surface area contributed by atoms with E-state index in [1.165, 1.54) is 17.8 Å². The average molecular weight is 383 g/mol. The molecule has 2 aromatic rings. The first-order valence-electron chi connectivity index (χ1n) is 9.76. The van der Waals surface area contributed by atoms with Crippen molar-refractivity contribution in [2.24, 2.45) is 11.8 Å². The number of fused-ring (bicyclic) bond motifs is 1. The number of carboxylic acid groups (broad SMARTS) is 1. The maximum absolute atomic E-state index is 12.6. The van der Waals surface area contributed by atoms with Gasteiger partial charge in [-0.3, -0.25) is 0 Å². The number of carbonyl (C=O) groups excluding carboxylic acids is 1. The largest absolute Gasteiger partial charge is 0.490 e. The smallest absolute Gasteiger partial charge is 0.356 e. The molecule has 7 heteroatoms. The number of ether oxygens (including phenoxy) is 1. The van der Waals surface area contributed by atoms with Crippen LogP contribution in [0.5, 0.6) is 5.75 Å². The quantitative estimate of drug-likeness (QED) is 0.874. The summed E-state index contributed by atoms with van der Waals surface area (Å²) in [6.45, 7) is 5.66. The summed E-state index contributed by atoms with van der Waals surface area (Å²) in [5, 5.41) is 12.8. The summed E-state index contributed by atoms with van der Waals surface area (Å²) in [7, 11) is 0. The van der Waals surface area contributed by atoms with Crippen LogP contribution in [0.3, 0.4) is 0 Å². The number of nitrogens with zero attached hydrogens (tertiary/aromatic N) is 3. The number of amides is 1. The molecular formula is C21H25N3O4. The van der Waals surface area contributed by atoms with Gasteiger partial charge in [-0.05, 0) is 48.3 Å². The van der Waals surface area contributed by atoms with Gasteiger partial charge in [-0.2, -0.15) is 9.78 Å². The second-order valence-corrected chi connectivity index (χ2v) is 8.06. The zero-order chi connectivity index (χ0) is 19.8. The Morgan fingerprint density at radius 3 is 2.43 bits per heavy atom. The molecule has 2 aliphatic rings. The summed E-state index contributed by atoms with van der Waals surface area (Å²) in [6.07, 6.45) is 3.45. The molecule has 1 N–H and O–H groups in total. The molecule has 1 aliphatic carbocycles. The lowest BCUT2D eigenvalue weighted by molar-refractivity contribution is 0.0690. The molecule has 0 spiro atoms. The van der Waals surface area contributed by atoms with Crippen LogP contribution >= 0.6 is 0 Å². The first-order valence-corrected chi connectivity index (χ1v) is 9.76. The van der Waals surface area contributed by atoms with Crippen LogP contribution in [-0.4, -0.2) is 51.0 Å². The molecule has 1 saturated heterocycles. The fourth-order valence-electron chi connectivity index (χ4n) is 4.43. The SMILES string of the molecule is CC(C)c1ccccc1OC1C[C@@H]2CN(C(=O)n3ccc(C(=O)O)n3)C[C@@H]2C1. The Kier molecular flexibility index (Phi) is 4.83. The average Bonchev–Trinajstić information content (AvgIpc) is 3.36. The van der Waals surface area contributed by atoms with Gasteiger partial charge in [-0.25, -0.2) is 9.59 Å². The van der Waals surface area contributed by atoms with Crippen LogP contribution < -0.4 is 4.74 Å². The van der Waals surface area contributed by atoms with Gasteiger partial charge in [0.2, 0.25) is 0 Å². The second kappa shape index (κ2) is 7.30. The third kappa shape index (κ3) is 3.48. The molecule has 1 aromatic heterocycles. The number of carbonyl (C=O) groups is 2. The van der Waals surface area contributed by atoms with E-state index in [1.54, 1.807) is 4.90 Å². The van der Waals surface area contributed by atoms with Crippen LogP contribution in [0.1, 0.15) is 48.7 Å². The van der Waals surface area contributed by atoms with Gasteiger partial charge in [0.05, 0.1) is 6.10 Å². The van der Waals surface area contributed by atoms with Crippen LogP contribution in [0.2, 0.25) is 0 Å². The summed E-state index contributed by atoms with van der Waals surface area (Å²) < 4.78 is 7.45. The molecule has 148 valence electrons. The number of hydrogen-bond acceptors (Lipinski definition) is 4. The Morgan fingerprint density at radius 2 is 1.82 bits per heavy atom. The van der Waals surface area contributed by atoms with Gasteiger partial charge in [0.1, 0.15) is 5.75 Å². The minimum Gasteiger partial charge on any atom is -0.490 e. The van der Waals surface area contributed by atoms with Crippen LogP contribution in [-0.2, 0) is 0 Å². The lowest BCUT2D eigenvalue weighted by Gasteiger charge is -2.21. The normalized spacial score (nSPS) is 23.8. The lowest BCUT2D eigenvalue weighted by Crippen LogP contribution is -2.34. The summed E-state index contributed by atoms with van der Waals surface area (Å²) >= 11 is 0. The summed E-state index contributed by atoms with van der Waals surface area (Å²) in [6, 6.07) is 9.28. The standard InChI is InChI=1S/C21H25N3O4/c1-13(2)17-5-3-4-6-19(17)28-16-9-14-11-23(12-15(14)10-16)21(27)24-8-7-18(22-24)20(25)26/h3-8,13-16H,9-12H2,1-2H3,(H,25,26)/t14-,15+,16?. The van der Waals surface area contributed by atoms with Gasteiger partial charge in [-0.1, -0.05) is 32.0 Å². The third-order valence-electron chi connectivity index (χ3n) is 5.82. The van der Waals surface area contributed by atoms with Crippen LogP contribution in [0.15, 0.2) is 36.5 Å². The van der Waals surface area contributed by atoms with E-state index in [0.29, 0.717) is 30.8 Å². The van der Waals surface area contributed by atoms with Gasteiger partial charge in [0.15, 0.2) is 5.69 Å². The van der Waals surface area contributed by atoms with Crippen molar-refractivity contribution in [3.63, 3.8) is 0 Å². The van der Waals surface area contributed by atoms with Gasteiger partial charge in [-0.15, -0.1) is 0 Å². The number of aromatic nitrogens is 2. The lowest BCUT2D eigenvalue weighted by atomic mass is 10.0. The monoisotopic (exact) mass is 383 g/mol. The summed E-state index contributed by atoms with van der Waals surface area (Å²) in [5.41, 5.74) is 1.11. The van der Waals surface area contributed by atoms with E-state index in [0.717, 1.165) is 23.3 Å². The highest BCUT2D eigenvalue weighted by Crippen LogP contribution is 2.40. The number of benzene rings is 1. The van der Waals surface area contributed by atoms with Crippen molar-refractivity contribution in [2.45, 2.75) is 38.7 Å². The van der Waals surface area contributed by atoms with E-state index in [4.69, 9.17) is 9.84 Å². The van der Waals surface area contributed by atoms with E-state index in [9.17, 15) is 9.59 Å². The van der Waals surface area contributed by atoms with E-state index < -0.39 is 5.97 Å². The number of aromatic carboxylic acids is 1. The van der Waals surface area contributed by atoms with Crippen molar-refractivity contribution in [2.75, 3.05) is 13.1 Å². The topological polar surface area (TPSA) is 84.7 Å². The molecule has 1 saturated carbocycles. The first-order chi connectivity index (χ1) is 13.4. The fourth-order valence-corrected chi connectivity index (χ4v) is 4.43. The van der Waals surface area contributed by atoms with Crippen LogP contribution in [0.25, 0.3) is 0 Å².